The van der Waals surface area contributed by atoms with Gasteiger partial charge < -0.3 is 14.7 Å². The van der Waals surface area contributed by atoms with Crippen molar-refractivity contribution >= 4 is 11.7 Å². The van der Waals surface area contributed by atoms with Gasteiger partial charge in [-0.05, 0) is 25.5 Å². The summed E-state index contributed by atoms with van der Waals surface area (Å²) in [5.74, 6) is 0.0453. The molecule has 0 radical (unpaired) electrons. The first-order chi connectivity index (χ1) is 19.1. The minimum Gasteiger partial charge on any atom is -0.434 e. The van der Waals surface area contributed by atoms with E-state index in [1.165, 1.54) is 6.07 Å². The molecule has 202 valence electrons. The average Bonchev–Trinajstić information content (AvgIpc) is 3.44. The lowest BCUT2D eigenvalue weighted by Gasteiger charge is -2.45. The number of carbonyl (C=O) groups excluding carboxylic acids is 1. The van der Waals surface area contributed by atoms with Crippen LogP contribution in [-0.4, -0.2) is 59.5 Å². The monoisotopic (exact) mass is 543 g/mol. The molecule has 2 bridgehead atoms. The van der Waals surface area contributed by atoms with E-state index in [4.69, 9.17) is 9.72 Å². The summed E-state index contributed by atoms with van der Waals surface area (Å²) in [4.78, 5) is 33.1. The molecular formula is C28H23F2N7O3. The van der Waals surface area contributed by atoms with E-state index in [1.54, 1.807) is 49.6 Å². The average molecular weight is 544 g/mol. The van der Waals surface area contributed by atoms with Crippen molar-refractivity contribution in [2.24, 2.45) is 0 Å². The first-order valence-corrected chi connectivity index (χ1v) is 12.8. The van der Waals surface area contributed by atoms with Crippen LogP contribution in [0, 0.1) is 11.3 Å². The molecule has 2 atom stereocenters. The Morgan fingerprint density at radius 3 is 2.58 bits per heavy atom. The summed E-state index contributed by atoms with van der Waals surface area (Å²) >= 11 is 0. The largest absolute Gasteiger partial charge is 0.434 e. The number of benzene rings is 1. The molecule has 0 spiro atoms. The number of carbonyl (C=O) groups is 1. The van der Waals surface area contributed by atoms with E-state index in [1.807, 2.05) is 10.6 Å². The number of nitriles is 1. The molecule has 1 fully saturated rings. The second kappa shape index (κ2) is 8.25. The van der Waals surface area contributed by atoms with Gasteiger partial charge in [-0.1, -0.05) is 6.07 Å². The van der Waals surface area contributed by atoms with E-state index < -0.39 is 23.5 Å². The number of nitrogens with zero attached hydrogens (tertiary/aromatic N) is 7. The van der Waals surface area contributed by atoms with Crippen molar-refractivity contribution in [3.05, 3.63) is 71.3 Å². The highest BCUT2D eigenvalue weighted by atomic mass is 19.3. The molecule has 7 rings (SSSR count). The molecular weight excluding hydrogens is 520 g/mol. The third-order valence-electron chi connectivity index (χ3n) is 8.29. The molecule has 0 saturated heterocycles. The van der Waals surface area contributed by atoms with E-state index in [0.717, 1.165) is 5.69 Å². The van der Waals surface area contributed by atoms with Gasteiger partial charge in [0.25, 0.3) is 5.91 Å². The van der Waals surface area contributed by atoms with Gasteiger partial charge in [0.15, 0.2) is 0 Å². The van der Waals surface area contributed by atoms with E-state index in [2.05, 4.69) is 21.0 Å². The van der Waals surface area contributed by atoms with Crippen LogP contribution in [0.4, 0.5) is 8.78 Å². The number of fused-ring (bicyclic) bond motifs is 9. The van der Waals surface area contributed by atoms with Gasteiger partial charge in [-0.25, -0.2) is 19.9 Å². The third kappa shape index (κ3) is 3.43. The van der Waals surface area contributed by atoms with Crippen LogP contribution in [0.25, 0.3) is 16.9 Å². The Labute approximate surface area is 226 Å². The lowest BCUT2D eigenvalue weighted by molar-refractivity contribution is -0.0583. The SMILES string of the molecule is CN1C(=O)c2cccc(OC(F)F)c2C2CC1c1nc3ncc(-c4cnc(C5(C#N)CC(C)(O)C5)nc4)cn3c12. The molecule has 3 aliphatic rings. The normalized spacial score (nSPS) is 26.7. The lowest BCUT2D eigenvalue weighted by atomic mass is 9.60. The number of imidazole rings is 1. The Kier molecular flexibility index (Phi) is 5.06. The number of alkyl halides is 2. The second-order valence-corrected chi connectivity index (χ2v) is 11.1. The maximum atomic E-state index is 13.3. The summed E-state index contributed by atoms with van der Waals surface area (Å²) in [6.45, 7) is -1.35. The summed E-state index contributed by atoms with van der Waals surface area (Å²) in [5.41, 5.74) is 1.69. The number of rotatable bonds is 4. The maximum absolute atomic E-state index is 13.3. The van der Waals surface area contributed by atoms with E-state index in [0.29, 0.717) is 46.0 Å². The molecule has 1 aliphatic heterocycles. The van der Waals surface area contributed by atoms with Gasteiger partial charge in [-0.2, -0.15) is 14.0 Å². The van der Waals surface area contributed by atoms with Crippen molar-refractivity contribution in [2.45, 2.75) is 55.8 Å². The van der Waals surface area contributed by atoms with E-state index >= 15 is 0 Å². The van der Waals surface area contributed by atoms with Crippen LogP contribution in [0.3, 0.4) is 0 Å². The molecule has 12 heteroatoms. The van der Waals surface area contributed by atoms with Gasteiger partial charge in [-0.3, -0.25) is 9.20 Å². The fourth-order valence-electron chi connectivity index (χ4n) is 6.63. The Balaban J connectivity index is 1.33. The number of halogens is 2. The number of amides is 1. The van der Waals surface area contributed by atoms with E-state index in [-0.39, 0.29) is 30.5 Å². The molecule has 4 heterocycles. The molecule has 4 aromatic rings. The molecule has 40 heavy (non-hydrogen) atoms. The zero-order valence-electron chi connectivity index (χ0n) is 21.5. The van der Waals surface area contributed by atoms with Gasteiger partial charge in [0.1, 0.15) is 17.0 Å². The minimum atomic E-state index is -3.04. The predicted octanol–water partition coefficient (Wildman–Crippen LogP) is 3.76. The molecule has 1 amide bonds. The smallest absolute Gasteiger partial charge is 0.387 e. The summed E-state index contributed by atoms with van der Waals surface area (Å²) in [5, 5.41) is 19.9. The van der Waals surface area contributed by atoms with Gasteiger partial charge in [0, 0.05) is 72.8 Å². The van der Waals surface area contributed by atoms with Crippen molar-refractivity contribution in [3.8, 4) is 22.9 Å². The summed E-state index contributed by atoms with van der Waals surface area (Å²) in [7, 11) is 1.69. The van der Waals surface area contributed by atoms with Crippen LogP contribution in [0.15, 0.2) is 43.0 Å². The van der Waals surface area contributed by atoms with Crippen LogP contribution < -0.4 is 4.74 Å². The minimum absolute atomic E-state index is 0.0304. The van der Waals surface area contributed by atoms with Gasteiger partial charge in [-0.15, -0.1) is 0 Å². The predicted molar refractivity (Wildman–Crippen MR) is 136 cm³/mol. The maximum Gasteiger partial charge on any atom is 0.387 e. The number of hydrogen-bond acceptors (Lipinski definition) is 8. The van der Waals surface area contributed by atoms with Gasteiger partial charge >= 0.3 is 6.61 Å². The lowest BCUT2D eigenvalue weighted by Crippen LogP contribution is -2.52. The fraction of sp³-hybridized carbons (Fsp3) is 0.357. The number of hydrogen-bond donors (Lipinski definition) is 1. The van der Waals surface area contributed by atoms with Crippen LogP contribution in [0.1, 0.15) is 71.3 Å². The first kappa shape index (κ1) is 24.5. The zero-order valence-corrected chi connectivity index (χ0v) is 21.5. The molecule has 1 aromatic carbocycles. The van der Waals surface area contributed by atoms with Gasteiger partial charge in [0.2, 0.25) is 5.78 Å². The number of ether oxygens (including phenoxy) is 1. The molecule has 1 N–H and O–H groups in total. The van der Waals surface area contributed by atoms with Crippen LogP contribution >= 0.6 is 0 Å². The highest BCUT2D eigenvalue weighted by Gasteiger charge is 2.54. The van der Waals surface area contributed by atoms with Gasteiger partial charge in [0.05, 0.1) is 29.1 Å². The topological polar surface area (TPSA) is 130 Å². The summed E-state index contributed by atoms with van der Waals surface area (Å²) < 4.78 is 33.4. The molecule has 2 unspecified atom stereocenters. The standard InChI is InChI=1S/C28H23F2N7O3/c1-27(39)11-28(12-27,13-31)24-32-7-14(8-33-24)15-9-34-26-35-21-18-6-17(22(21)37(26)10-15)20-16(23(38)36(18)2)4-3-5-19(20)40-25(29)30/h3-5,7-10,17-18,25,39H,6,11-12H2,1-2H3. The van der Waals surface area contributed by atoms with Crippen molar-refractivity contribution in [2.75, 3.05) is 7.05 Å². The van der Waals surface area contributed by atoms with Crippen molar-refractivity contribution in [3.63, 3.8) is 0 Å². The number of aromatic nitrogens is 5. The van der Waals surface area contributed by atoms with Crippen LogP contribution in [-0.2, 0) is 5.41 Å². The van der Waals surface area contributed by atoms with E-state index in [9.17, 15) is 23.9 Å². The van der Waals surface area contributed by atoms with Crippen molar-refractivity contribution < 1.29 is 23.4 Å². The quantitative estimate of drug-likeness (QED) is 0.412. The molecule has 1 saturated carbocycles. The first-order valence-electron chi connectivity index (χ1n) is 12.8. The Bertz CT molecular complexity index is 1740. The zero-order chi connectivity index (χ0) is 28.0. The molecule has 3 aromatic heterocycles. The third-order valence-corrected chi connectivity index (χ3v) is 8.29. The van der Waals surface area contributed by atoms with Crippen molar-refractivity contribution in [1.82, 2.24) is 29.2 Å². The summed E-state index contributed by atoms with van der Waals surface area (Å²) in [6.07, 6.45) is 7.73. The fourth-order valence-corrected chi connectivity index (χ4v) is 6.63. The molecule has 2 aliphatic carbocycles. The summed E-state index contributed by atoms with van der Waals surface area (Å²) in [6, 6.07) is 6.54. The van der Waals surface area contributed by atoms with Crippen LogP contribution in [0.5, 0.6) is 5.75 Å². The van der Waals surface area contributed by atoms with Crippen LogP contribution in [0.2, 0.25) is 0 Å². The Morgan fingerprint density at radius 2 is 1.90 bits per heavy atom. The Morgan fingerprint density at radius 1 is 1.18 bits per heavy atom. The Hall–Kier alpha value is -4.50. The van der Waals surface area contributed by atoms with Crippen molar-refractivity contribution in [1.29, 1.82) is 5.26 Å². The highest BCUT2D eigenvalue weighted by Crippen LogP contribution is 2.52. The second-order valence-electron chi connectivity index (χ2n) is 11.1. The number of aliphatic hydroxyl groups is 1. The highest BCUT2D eigenvalue weighted by molar-refractivity contribution is 5.98. The molecule has 10 nitrogen and oxygen atoms in total.